The molecule has 0 aliphatic heterocycles. The van der Waals surface area contributed by atoms with Gasteiger partial charge in [0.1, 0.15) is 5.69 Å². The Labute approximate surface area is 111 Å². The number of aliphatic hydroxyl groups excluding tert-OH is 1. The molecule has 1 rings (SSSR count). The van der Waals surface area contributed by atoms with Gasteiger partial charge in [0, 0.05) is 12.6 Å². The van der Waals surface area contributed by atoms with Crippen LogP contribution in [0.2, 0.25) is 0 Å². The van der Waals surface area contributed by atoms with Gasteiger partial charge in [-0.1, -0.05) is 0 Å². The van der Waals surface area contributed by atoms with Gasteiger partial charge in [-0.15, -0.1) is 0 Å². The number of benzene rings is 1. The molecule has 0 amide bonds. The van der Waals surface area contributed by atoms with E-state index < -0.39 is 40.8 Å². The van der Waals surface area contributed by atoms with Gasteiger partial charge in [-0.2, -0.15) is 0 Å². The SMILES string of the molecule is O=[N+]([O-])c1ccc(N(CCO)CC(F)F)c([N+](=O)[O-])c1. The molecule has 1 aromatic carbocycles. The fourth-order valence-electron chi connectivity index (χ4n) is 1.64. The van der Waals surface area contributed by atoms with Crippen LogP contribution in [0.4, 0.5) is 25.8 Å². The quantitative estimate of drug-likeness (QED) is 0.603. The number of hydrogen-bond donors (Lipinski definition) is 1. The van der Waals surface area contributed by atoms with Crippen LogP contribution < -0.4 is 4.90 Å². The third-order valence-corrected chi connectivity index (χ3v) is 2.44. The zero-order chi connectivity index (χ0) is 15.3. The highest BCUT2D eigenvalue weighted by atomic mass is 19.3. The van der Waals surface area contributed by atoms with E-state index in [-0.39, 0.29) is 12.2 Å². The number of alkyl halides is 2. The second-order valence-corrected chi connectivity index (χ2v) is 3.75. The lowest BCUT2D eigenvalue weighted by atomic mass is 10.2. The molecule has 0 aliphatic rings. The first-order valence-electron chi connectivity index (χ1n) is 5.43. The maximum atomic E-state index is 12.4. The van der Waals surface area contributed by atoms with Crippen LogP contribution in [0, 0.1) is 20.2 Å². The molecule has 0 unspecified atom stereocenters. The van der Waals surface area contributed by atoms with Crippen molar-refractivity contribution in [1.82, 2.24) is 0 Å². The molecule has 10 heteroatoms. The number of nitro groups is 2. The maximum absolute atomic E-state index is 12.4. The van der Waals surface area contributed by atoms with Crippen molar-refractivity contribution >= 4 is 17.1 Å². The van der Waals surface area contributed by atoms with Crippen molar-refractivity contribution in [3.63, 3.8) is 0 Å². The number of rotatable bonds is 7. The van der Waals surface area contributed by atoms with Gasteiger partial charge in [0.25, 0.3) is 17.8 Å². The van der Waals surface area contributed by atoms with E-state index >= 15 is 0 Å². The molecule has 0 fully saturated rings. The second kappa shape index (κ2) is 6.70. The van der Waals surface area contributed by atoms with Gasteiger partial charge < -0.3 is 10.0 Å². The summed E-state index contributed by atoms with van der Waals surface area (Å²) in [6, 6.07) is 2.71. The third kappa shape index (κ3) is 3.82. The fraction of sp³-hybridized carbons (Fsp3) is 0.400. The third-order valence-electron chi connectivity index (χ3n) is 2.44. The van der Waals surface area contributed by atoms with Gasteiger partial charge in [-0.25, -0.2) is 8.78 Å². The van der Waals surface area contributed by atoms with Crippen LogP contribution >= 0.6 is 0 Å². The largest absolute Gasteiger partial charge is 0.395 e. The van der Waals surface area contributed by atoms with Crippen molar-refractivity contribution in [3.05, 3.63) is 38.4 Å². The van der Waals surface area contributed by atoms with E-state index in [4.69, 9.17) is 5.11 Å². The molecular formula is C10H11F2N3O5. The van der Waals surface area contributed by atoms with Gasteiger partial charge >= 0.3 is 0 Å². The summed E-state index contributed by atoms with van der Waals surface area (Å²) in [7, 11) is 0. The van der Waals surface area contributed by atoms with E-state index in [1.165, 1.54) is 0 Å². The van der Waals surface area contributed by atoms with Gasteiger partial charge in [0.05, 0.1) is 29.1 Å². The predicted octanol–water partition coefficient (Wildman–Crippen LogP) is 1.57. The summed E-state index contributed by atoms with van der Waals surface area (Å²) in [4.78, 5) is 20.7. The lowest BCUT2D eigenvalue weighted by Gasteiger charge is -2.22. The monoisotopic (exact) mass is 291 g/mol. The van der Waals surface area contributed by atoms with E-state index in [1.807, 2.05) is 0 Å². The molecule has 0 aliphatic carbocycles. The number of hydrogen-bond acceptors (Lipinski definition) is 6. The summed E-state index contributed by atoms with van der Waals surface area (Å²) in [5, 5.41) is 30.3. The molecule has 0 spiro atoms. The highest BCUT2D eigenvalue weighted by Crippen LogP contribution is 2.32. The van der Waals surface area contributed by atoms with Crippen molar-refractivity contribution < 1.29 is 23.7 Å². The minimum absolute atomic E-state index is 0.199. The Morgan fingerprint density at radius 3 is 2.35 bits per heavy atom. The molecular weight excluding hydrogens is 280 g/mol. The standard InChI is InChI=1S/C10H11F2N3O5/c11-10(12)6-13(3-4-16)8-2-1-7(14(17)18)5-9(8)15(19)20/h1-2,5,10,16H,3-4,6H2. The zero-order valence-corrected chi connectivity index (χ0v) is 10.1. The first-order chi connectivity index (χ1) is 9.36. The molecule has 0 saturated carbocycles. The van der Waals surface area contributed by atoms with E-state index in [0.717, 1.165) is 17.0 Å². The van der Waals surface area contributed by atoms with Crippen molar-refractivity contribution in [3.8, 4) is 0 Å². The first-order valence-corrected chi connectivity index (χ1v) is 5.43. The van der Waals surface area contributed by atoms with Crippen molar-refractivity contribution in [2.45, 2.75) is 6.43 Å². The Kier molecular flexibility index (Phi) is 5.26. The number of anilines is 1. The highest BCUT2D eigenvalue weighted by Gasteiger charge is 2.24. The Hall–Kier alpha value is -2.36. The van der Waals surface area contributed by atoms with Crippen molar-refractivity contribution in [2.24, 2.45) is 0 Å². The summed E-state index contributed by atoms with van der Waals surface area (Å²) in [5.74, 6) is 0. The van der Waals surface area contributed by atoms with Crippen LogP contribution in [0.15, 0.2) is 18.2 Å². The topological polar surface area (TPSA) is 110 Å². The Balaban J connectivity index is 3.25. The molecule has 0 aromatic heterocycles. The van der Waals surface area contributed by atoms with Crippen LogP contribution in [0.25, 0.3) is 0 Å². The summed E-state index contributed by atoms with van der Waals surface area (Å²) >= 11 is 0. The van der Waals surface area contributed by atoms with Crippen LogP contribution in [0.5, 0.6) is 0 Å². The summed E-state index contributed by atoms with van der Waals surface area (Å²) in [5.41, 5.74) is -1.37. The molecule has 0 bridgehead atoms. The second-order valence-electron chi connectivity index (χ2n) is 3.75. The van der Waals surface area contributed by atoms with E-state index in [9.17, 15) is 29.0 Å². The highest BCUT2D eigenvalue weighted by molar-refractivity contribution is 5.66. The van der Waals surface area contributed by atoms with Crippen molar-refractivity contribution in [1.29, 1.82) is 0 Å². The van der Waals surface area contributed by atoms with Gasteiger partial charge in [-0.3, -0.25) is 20.2 Å². The van der Waals surface area contributed by atoms with Crippen LogP contribution in [-0.2, 0) is 0 Å². The normalized spacial score (nSPS) is 10.6. The van der Waals surface area contributed by atoms with Crippen molar-refractivity contribution in [2.75, 3.05) is 24.6 Å². The Morgan fingerprint density at radius 2 is 1.90 bits per heavy atom. The lowest BCUT2D eigenvalue weighted by molar-refractivity contribution is -0.393. The number of nitrogens with zero attached hydrogens (tertiary/aromatic N) is 3. The average molecular weight is 291 g/mol. The smallest absolute Gasteiger partial charge is 0.299 e. The van der Waals surface area contributed by atoms with Gasteiger partial charge in [-0.05, 0) is 6.07 Å². The maximum Gasteiger partial charge on any atom is 0.299 e. The van der Waals surface area contributed by atoms with Crippen LogP contribution in [0.1, 0.15) is 0 Å². The Bertz CT molecular complexity index is 512. The lowest BCUT2D eigenvalue weighted by Crippen LogP contribution is -2.32. The fourth-order valence-corrected chi connectivity index (χ4v) is 1.64. The van der Waals surface area contributed by atoms with E-state index in [1.54, 1.807) is 0 Å². The molecule has 0 saturated heterocycles. The molecule has 20 heavy (non-hydrogen) atoms. The number of aliphatic hydroxyl groups is 1. The summed E-state index contributed by atoms with van der Waals surface area (Å²) in [6.07, 6.45) is -2.77. The van der Waals surface area contributed by atoms with Crippen LogP contribution in [-0.4, -0.2) is 41.1 Å². The van der Waals surface area contributed by atoms with Crippen LogP contribution in [0.3, 0.4) is 0 Å². The molecule has 1 N–H and O–H groups in total. The Morgan fingerprint density at radius 1 is 1.25 bits per heavy atom. The average Bonchev–Trinajstić information content (AvgIpc) is 2.36. The number of halogens is 2. The molecule has 0 atom stereocenters. The molecule has 110 valence electrons. The molecule has 1 aromatic rings. The number of nitro benzene ring substituents is 2. The van der Waals surface area contributed by atoms with Gasteiger partial charge in [0.2, 0.25) is 0 Å². The molecule has 8 nitrogen and oxygen atoms in total. The minimum atomic E-state index is -2.77. The number of non-ortho nitro benzene ring substituents is 1. The molecule has 0 heterocycles. The summed E-state index contributed by atoms with van der Waals surface area (Å²) < 4.78 is 24.9. The predicted molar refractivity (Wildman–Crippen MR) is 65.1 cm³/mol. The minimum Gasteiger partial charge on any atom is -0.395 e. The van der Waals surface area contributed by atoms with Gasteiger partial charge in [0.15, 0.2) is 0 Å². The zero-order valence-electron chi connectivity index (χ0n) is 10.1. The van der Waals surface area contributed by atoms with E-state index in [2.05, 4.69) is 0 Å². The van der Waals surface area contributed by atoms with E-state index in [0.29, 0.717) is 6.07 Å². The summed E-state index contributed by atoms with van der Waals surface area (Å²) in [6.45, 7) is -1.55. The molecule has 0 radical (unpaired) electrons. The first kappa shape index (κ1) is 15.7.